The average molecular weight is 547 g/mol. The molecular weight excluding hydrogens is 510 g/mol. The molecule has 0 aliphatic carbocycles. The molecule has 0 spiro atoms. The van der Waals surface area contributed by atoms with Crippen LogP contribution in [0.1, 0.15) is 38.1 Å². The normalized spacial score (nSPS) is 16.2. The van der Waals surface area contributed by atoms with Crippen molar-refractivity contribution >= 4 is 22.3 Å². The van der Waals surface area contributed by atoms with Crippen LogP contribution in [0.3, 0.4) is 0 Å². The molecule has 1 fully saturated rings. The van der Waals surface area contributed by atoms with Gasteiger partial charge in [0.05, 0.1) is 29.6 Å². The first-order valence-corrected chi connectivity index (χ1v) is 14.0. The number of aromatic amines is 1. The number of ether oxygens (including phenoxy) is 1. The maximum absolute atomic E-state index is 15.1. The van der Waals surface area contributed by atoms with Gasteiger partial charge in [0.2, 0.25) is 0 Å². The van der Waals surface area contributed by atoms with E-state index < -0.39 is 11.6 Å². The molecule has 9 heteroatoms. The van der Waals surface area contributed by atoms with E-state index in [2.05, 4.69) is 61.9 Å². The van der Waals surface area contributed by atoms with Gasteiger partial charge < -0.3 is 24.4 Å². The zero-order valence-electron chi connectivity index (χ0n) is 23.5. The summed E-state index contributed by atoms with van der Waals surface area (Å²) in [7, 11) is 4.30. The minimum atomic E-state index is -0.584. The van der Waals surface area contributed by atoms with Crippen molar-refractivity contribution in [2.45, 2.75) is 45.2 Å². The monoisotopic (exact) mass is 546 g/mol. The predicted octanol–water partition coefficient (Wildman–Crippen LogP) is 5.63. The summed E-state index contributed by atoms with van der Waals surface area (Å²) in [5, 5.41) is 1.10. The molecule has 0 saturated carbocycles. The van der Waals surface area contributed by atoms with E-state index in [1.165, 1.54) is 18.0 Å². The average Bonchev–Trinajstić information content (AvgIpc) is 3.44. The van der Waals surface area contributed by atoms with Crippen LogP contribution in [0.15, 0.2) is 42.7 Å². The maximum atomic E-state index is 15.1. The number of piperidine rings is 1. The van der Waals surface area contributed by atoms with E-state index >= 15 is 8.78 Å². The van der Waals surface area contributed by atoms with Gasteiger partial charge in [0.15, 0.2) is 17.4 Å². The molecule has 1 N–H and O–H groups in total. The molecule has 2 aromatic carbocycles. The molecule has 0 amide bonds. The topological polar surface area (TPSA) is 60.5 Å². The van der Waals surface area contributed by atoms with Crippen molar-refractivity contribution in [1.82, 2.24) is 19.9 Å². The van der Waals surface area contributed by atoms with Crippen molar-refractivity contribution < 1.29 is 13.5 Å². The molecule has 40 heavy (non-hydrogen) atoms. The summed E-state index contributed by atoms with van der Waals surface area (Å²) in [6.07, 6.45) is 5.84. The maximum Gasteiger partial charge on any atom is 0.178 e. The third kappa shape index (κ3) is 4.87. The third-order valence-electron chi connectivity index (χ3n) is 8.28. The standard InChI is InChI=1S/C31H36F2N6O/c1-19(2)39-13-14-40-31-24(32)15-21(16-27(31)39)29-25(33)18-35-28(36-29)17-20-5-6-26(30-23(20)7-10-34-30)38-11-8-22(9-12-38)37(3)4/h5-7,10,15-16,18-19,22,34H,8-9,11-14,17H2,1-4H3. The van der Waals surface area contributed by atoms with Crippen LogP contribution in [0, 0.1) is 11.6 Å². The highest BCUT2D eigenvalue weighted by molar-refractivity contribution is 5.94. The highest BCUT2D eigenvalue weighted by Gasteiger charge is 2.26. The predicted molar refractivity (Wildman–Crippen MR) is 155 cm³/mol. The van der Waals surface area contributed by atoms with Crippen LogP contribution in [-0.2, 0) is 6.42 Å². The molecule has 2 aliphatic heterocycles. The van der Waals surface area contributed by atoms with Crippen molar-refractivity contribution in [2.24, 2.45) is 0 Å². The van der Waals surface area contributed by atoms with Crippen LogP contribution in [-0.4, -0.2) is 72.3 Å². The number of nitrogens with one attached hydrogen (secondary N) is 1. The van der Waals surface area contributed by atoms with Crippen molar-refractivity contribution in [3.05, 3.63) is 65.7 Å². The molecule has 2 aromatic heterocycles. The molecule has 7 nitrogen and oxygen atoms in total. The second-order valence-corrected chi connectivity index (χ2v) is 11.3. The van der Waals surface area contributed by atoms with E-state index in [0.717, 1.165) is 42.4 Å². The zero-order chi connectivity index (χ0) is 28.0. The first-order valence-electron chi connectivity index (χ1n) is 14.0. The van der Waals surface area contributed by atoms with E-state index in [0.29, 0.717) is 42.7 Å². The highest BCUT2D eigenvalue weighted by atomic mass is 19.1. The fourth-order valence-corrected chi connectivity index (χ4v) is 6.08. The van der Waals surface area contributed by atoms with Crippen LogP contribution < -0.4 is 14.5 Å². The van der Waals surface area contributed by atoms with Crippen molar-refractivity contribution in [3.63, 3.8) is 0 Å². The quantitative estimate of drug-likeness (QED) is 0.338. The SMILES string of the molecule is CC(C)N1CCOc2c(F)cc(-c3nc(Cc4ccc(N5CCC(N(C)C)CC5)c5[nH]ccc45)ncc3F)cc21. The number of anilines is 2. The van der Waals surface area contributed by atoms with E-state index in [4.69, 9.17) is 4.74 Å². The Bertz CT molecular complexity index is 1530. The number of hydrogen-bond acceptors (Lipinski definition) is 6. The summed E-state index contributed by atoms with van der Waals surface area (Å²) in [5.41, 5.74) is 4.42. The number of fused-ring (bicyclic) bond motifs is 2. The number of halogens is 2. The minimum absolute atomic E-state index is 0.0895. The van der Waals surface area contributed by atoms with Crippen LogP contribution in [0.2, 0.25) is 0 Å². The first kappa shape index (κ1) is 26.5. The van der Waals surface area contributed by atoms with Crippen LogP contribution in [0.4, 0.5) is 20.2 Å². The van der Waals surface area contributed by atoms with Gasteiger partial charge in [0.25, 0.3) is 0 Å². The summed E-state index contributed by atoms with van der Waals surface area (Å²) >= 11 is 0. The Morgan fingerprint density at radius 2 is 1.85 bits per heavy atom. The highest BCUT2D eigenvalue weighted by Crippen LogP contribution is 2.39. The third-order valence-corrected chi connectivity index (χ3v) is 8.28. The molecule has 6 rings (SSSR count). The molecular formula is C31H36F2N6O. The van der Waals surface area contributed by atoms with Crippen LogP contribution in [0.5, 0.6) is 5.75 Å². The first-order chi connectivity index (χ1) is 19.3. The molecule has 0 unspecified atom stereocenters. The summed E-state index contributed by atoms with van der Waals surface area (Å²) in [5.74, 6) is -0.413. The summed E-state index contributed by atoms with van der Waals surface area (Å²) in [4.78, 5) is 19.1. The molecule has 0 atom stereocenters. The van der Waals surface area contributed by atoms with E-state index in [1.807, 2.05) is 20.0 Å². The van der Waals surface area contributed by atoms with Crippen molar-refractivity contribution in [1.29, 1.82) is 0 Å². The number of H-pyrrole nitrogens is 1. The molecule has 1 saturated heterocycles. The van der Waals surface area contributed by atoms with Crippen molar-refractivity contribution in [3.8, 4) is 17.0 Å². The lowest BCUT2D eigenvalue weighted by Crippen LogP contribution is -2.42. The summed E-state index contributed by atoms with van der Waals surface area (Å²) in [6, 6.07) is 10.2. The minimum Gasteiger partial charge on any atom is -0.486 e. The van der Waals surface area contributed by atoms with E-state index in [-0.39, 0.29) is 17.5 Å². The fraction of sp³-hybridized carbons (Fsp3) is 0.419. The number of hydrogen-bond donors (Lipinski definition) is 1. The van der Waals surface area contributed by atoms with Gasteiger partial charge in [-0.25, -0.2) is 18.7 Å². The van der Waals surface area contributed by atoms with Gasteiger partial charge in [-0.3, -0.25) is 0 Å². The Labute approximate surface area is 233 Å². The van der Waals surface area contributed by atoms with Gasteiger partial charge in [-0.05, 0) is 70.6 Å². The fourth-order valence-electron chi connectivity index (χ4n) is 6.08. The Hall–Kier alpha value is -3.72. The molecule has 0 bridgehead atoms. The molecule has 0 radical (unpaired) electrons. The second kappa shape index (κ2) is 10.7. The lowest BCUT2D eigenvalue weighted by atomic mass is 10.0. The zero-order valence-corrected chi connectivity index (χ0v) is 23.5. The number of rotatable bonds is 6. The van der Waals surface area contributed by atoms with Crippen LogP contribution in [0.25, 0.3) is 22.2 Å². The Kier molecular flexibility index (Phi) is 7.08. The summed E-state index contributed by atoms with van der Waals surface area (Å²) in [6.45, 7) is 7.16. The van der Waals surface area contributed by atoms with Gasteiger partial charge in [-0.1, -0.05) is 6.07 Å². The molecule has 210 valence electrons. The number of nitrogens with zero attached hydrogens (tertiary/aromatic N) is 5. The summed E-state index contributed by atoms with van der Waals surface area (Å²) < 4.78 is 35.8. The molecule has 4 heterocycles. The number of benzene rings is 2. The lowest BCUT2D eigenvalue weighted by Gasteiger charge is -2.36. The Morgan fingerprint density at radius 3 is 2.60 bits per heavy atom. The van der Waals surface area contributed by atoms with E-state index in [1.54, 1.807) is 6.07 Å². The van der Waals surface area contributed by atoms with Gasteiger partial charge in [-0.2, -0.15) is 0 Å². The second-order valence-electron chi connectivity index (χ2n) is 11.3. The van der Waals surface area contributed by atoms with Crippen molar-refractivity contribution in [2.75, 3.05) is 50.1 Å². The molecule has 4 aromatic rings. The largest absolute Gasteiger partial charge is 0.486 e. The van der Waals surface area contributed by atoms with Crippen LogP contribution >= 0.6 is 0 Å². The molecule has 2 aliphatic rings. The number of aromatic nitrogens is 3. The Balaban J connectivity index is 1.30. The smallest absolute Gasteiger partial charge is 0.178 e. The van der Waals surface area contributed by atoms with E-state index in [9.17, 15) is 0 Å². The van der Waals surface area contributed by atoms with Gasteiger partial charge in [-0.15, -0.1) is 0 Å². The Morgan fingerprint density at radius 1 is 1.05 bits per heavy atom. The van der Waals surface area contributed by atoms with Gasteiger partial charge >= 0.3 is 0 Å². The van der Waals surface area contributed by atoms with Gasteiger partial charge in [0, 0.05) is 48.7 Å². The van der Waals surface area contributed by atoms with Gasteiger partial charge in [0.1, 0.15) is 18.1 Å². The lowest BCUT2D eigenvalue weighted by molar-refractivity contribution is 0.250.